The maximum absolute atomic E-state index is 14.0. The Morgan fingerprint density at radius 2 is 1.84 bits per heavy atom. The van der Waals surface area contributed by atoms with E-state index in [9.17, 15) is 14.0 Å². The summed E-state index contributed by atoms with van der Waals surface area (Å²) in [6, 6.07) is 19.3. The minimum atomic E-state index is -1.16. The van der Waals surface area contributed by atoms with Gasteiger partial charge in [0.15, 0.2) is 0 Å². The second-order valence-electron chi connectivity index (χ2n) is 10.0. The van der Waals surface area contributed by atoms with Crippen molar-refractivity contribution in [3.05, 3.63) is 89.2 Å². The van der Waals surface area contributed by atoms with Crippen LogP contribution < -0.4 is 11.1 Å². The molecule has 10 heteroatoms. The van der Waals surface area contributed by atoms with Gasteiger partial charge in [-0.15, -0.1) is 10.2 Å². The van der Waals surface area contributed by atoms with Gasteiger partial charge in [-0.25, -0.2) is 4.39 Å². The zero-order valence-electron chi connectivity index (χ0n) is 21.1. The van der Waals surface area contributed by atoms with Crippen LogP contribution in [-0.4, -0.2) is 48.9 Å². The second-order valence-corrected chi connectivity index (χ2v) is 10.0. The summed E-state index contributed by atoms with van der Waals surface area (Å²) in [5, 5.41) is 17.1. The van der Waals surface area contributed by atoms with Gasteiger partial charge in [0.25, 0.3) is 0 Å². The van der Waals surface area contributed by atoms with E-state index in [4.69, 9.17) is 5.73 Å². The molecule has 38 heavy (non-hydrogen) atoms. The van der Waals surface area contributed by atoms with Crippen molar-refractivity contribution in [2.24, 2.45) is 5.73 Å². The Labute approximate surface area is 219 Å². The summed E-state index contributed by atoms with van der Waals surface area (Å²) in [7, 11) is 0. The summed E-state index contributed by atoms with van der Waals surface area (Å²) in [4.78, 5) is 27.9. The Hall–Kier alpha value is -4.44. The highest BCUT2D eigenvalue weighted by atomic mass is 19.1. The lowest BCUT2D eigenvalue weighted by atomic mass is 9.98. The number of nitrogens with two attached hydrogens (primary N) is 1. The van der Waals surface area contributed by atoms with Crippen molar-refractivity contribution in [3.8, 4) is 22.5 Å². The first kappa shape index (κ1) is 25.2. The Morgan fingerprint density at radius 1 is 1.11 bits per heavy atom. The van der Waals surface area contributed by atoms with Crippen molar-refractivity contribution >= 4 is 11.8 Å². The van der Waals surface area contributed by atoms with Gasteiger partial charge in [0.1, 0.15) is 11.9 Å². The van der Waals surface area contributed by atoms with Crippen LogP contribution in [0, 0.1) is 5.82 Å². The number of tetrazole rings is 1. The van der Waals surface area contributed by atoms with Gasteiger partial charge in [0.05, 0.1) is 5.54 Å². The smallest absolute Gasteiger partial charge is 0.246 e. The monoisotopic (exact) mass is 513 g/mol. The lowest BCUT2D eigenvalue weighted by Crippen LogP contribution is -2.56. The first-order valence-electron chi connectivity index (χ1n) is 12.3. The summed E-state index contributed by atoms with van der Waals surface area (Å²) >= 11 is 0. The second kappa shape index (κ2) is 10.1. The van der Waals surface area contributed by atoms with E-state index in [-0.39, 0.29) is 18.1 Å². The first-order valence-corrected chi connectivity index (χ1v) is 12.3. The van der Waals surface area contributed by atoms with Gasteiger partial charge in [0, 0.05) is 25.1 Å². The maximum atomic E-state index is 14.0. The number of carbonyl (C=O) groups excluding carboxylic acids is 2. The van der Waals surface area contributed by atoms with Gasteiger partial charge < -0.3 is 16.0 Å². The highest BCUT2D eigenvalue weighted by Crippen LogP contribution is 2.30. The number of aromatic amines is 1. The molecule has 194 valence electrons. The van der Waals surface area contributed by atoms with Crippen molar-refractivity contribution in [1.82, 2.24) is 30.8 Å². The molecule has 1 atom stereocenters. The SMILES string of the molecule is CC(C)(N)C(=O)N[C@@H]1Cc2cc(F)ccc2CN(Cc2ccc(-c3ccccc3-c3nn[nH]n3)cc2)C1=O. The van der Waals surface area contributed by atoms with Gasteiger partial charge in [0.2, 0.25) is 17.6 Å². The molecular formula is C28H28FN7O2. The summed E-state index contributed by atoms with van der Waals surface area (Å²) in [6.45, 7) is 3.77. The minimum absolute atomic E-state index is 0.191. The molecule has 2 heterocycles. The van der Waals surface area contributed by atoms with Crippen LogP contribution in [0.2, 0.25) is 0 Å². The van der Waals surface area contributed by atoms with Crippen LogP contribution in [0.1, 0.15) is 30.5 Å². The molecule has 0 fully saturated rings. The summed E-state index contributed by atoms with van der Waals surface area (Å²) < 4.78 is 14.0. The average molecular weight is 514 g/mol. The number of nitrogens with one attached hydrogen (secondary N) is 2. The van der Waals surface area contributed by atoms with Gasteiger partial charge in [-0.1, -0.05) is 54.6 Å². The van der Waals surface area contributed by atoms with Crippen LogP contribution in [0.3, 0.4) is 0 Å². The molecule has 2 amide bonds. The standard InChI is InChI=1S/C28H28FN7O2/c1-28(2,30)27(38)31-24-14-20-13-21(29)12-11-19(20)16-36(26(24)37)15-17-7-9-18(10-8-17)22-5-3-4-6-23(22)25-32-34-35-33-25/h3-13,24H,14-16,30H2,1-2H3,(H,31,38)(H,32,33,34,35)/t24-/m1/s1. The Bertz CT molecular complexity index is 1460. The predicted octanol–water partition coefficient (Wildman–Crippen LogP) is 2.98. The van der Waals surface area contributed by atoms with Gasteiger partial charge in [-0.2, -0.15) is 5.21 Å². The van der Waals surface area contributed by atoms with E-state index in [0.29, 0.717) is 24.5 Å². The van der Waals surface area contributed by atoms with Crippen molar-refractivity contribution in [2.45, 2.75) is 44.9 Å². The fraction of sp³-hybridized carbons (Fsp3) is 0.250. The van der Waals surface area contributed by atoms with E-state index < -0.39 is 17.5 Å². The number of benzene rings is 3. The van der Waals surface area contributed by atoms with Gasteiger partial charge >= 0.3 is 0 Å². The third-order valence-electron chi connectivity index (χ3n) is 6.61. The Balaban J connectivity index is 1.41. The Kier molecular flexibility index (Phi) is 6.73. The number of carbonyl (C=O) groups is 2. The minimum Gasteiger partial charge on any atom is -0.342 e. The number of hydrogen-bond acceptors (Lipinski definition) is 6. The number of rotatable bonds is 6. The van der Waals surface area contributed by atoms with Crippen molar-refractivity contribution < 1.29 is 14.0 Å². The highest BCUT2D eigenvalue weighted by Gasteiger charge is 2.33. The topological polar surface area (TPSA) is 130 Å². The van der Waals surface area contributed by atoms with Crippen molar-refractivity contribution in [1.29, 1.82) is 0 Å². The zero-order valence-corrected chi connectivity index (χ0v) is 21.1. The number of H-pyrrole nitrogens is 1. The largest absolute Gasteiger partial charge is 0.342 e. The number of amides is 2. The molecule has 0 aliphatic carbocycles. The van der Waals surface area contributed by atoms with Crippen molar-refractivity contribution in [3.63, 3.8) is 0 Å². The Morgan fingerprint density at radius 3 is 2.53 bits per heavy atom. The van der Waals surface area contributed by atoms with E-state index in [1.54, 1.807) is 24.8 Å². The van der Waals surface area contributed by atoms with E-state index in [2.05, 4.69) is 25.9 Å². The van der Waals surface area contributed by atoms with Crippen LogP contribution in [0.25, 0.3) is 22.5 Å². The number of hydrogen-bond donors (Lipinski definition) is 3. The molecule has 1 aliphatic rings. The number of nitrogens with zero attached hydrogens (tertiary/aromatic N) is 4. The number of fused-ring (bicyclic) bond motifs is 1. The molecule has 1 aliphatic heterocycles. The highest BCUT2D eigenvalue weighted by molar-refractivity contribution is 5.92. The quantitative estimate of drug-likeness (QED) is 0.364. The van der Waals surface area contributed by atoms with Gasteiger partial charge in [-0.3, -0.25) is 9.59 Å². The third kappa shape index (κ3) is 5.30. The van der Waals surface area contributed by atoms with Crippen LogP contribution in [0.15, 0.2) is 66.7 Å². The molecule has 3 aromatic carbocycles. The maximum Gasteiger partial charge on any atom is 0.246 e. The van der Waals surface area contributed by atoms with Crippen LogP contribution in [0.5, 0.6) is 0 Å². The molecular weight excluding hydrogens is 485 g/mol. The van der Waals surface area contributed by atoms with E-state index >= 15 is 0 Å². The molecule has 4 N–H and O–H groups in total. The normalized spacial score (nSPS) is 15.6. The zero-order chi connectivity index (χ0) is 26.9. The van der Waals surface area contributed by atoms with E-state index in [1.165, 1.54) is 12.1 Å². The molecule has 9 nitrogen and oxygen atoms in total. The lowest BCUT2D eigenvalue weighted by Gasteiger charge is -2.27. The average Bonchev–Trinajstić information content (AvgIpc) is 3.40. The molecule has 4 aromatic rings. The van der Waals surface area contributed by atoms with E-state index in [1.807, 2.05) is 48.5 Å². The molecule has 0 unspecified atom stereocenters. The molecule has 0 spiro atoms. The number of halogens is 1. The molecule has 1 aromatic heterocycles. The molecule has 0 saturated carbocycles. The van der Waals surface area contributed by atoms with E-state index in [0.717, 1.165) is 27.8 Å². The summed E-state index contributed by atoms with van der Waals surface area (Å²) in [5.41, 5.74) is 10.0. The fourth-order valence-corrected chi connectivity index (χ4v) is 4.56. The predicted molar refractivity (Wildman–Crippen MR) is 140 cm³/mol. The fourth-order valence-electron chi connectivity index (χ4n) is 4.56. The molecule has 5 rings (SSSR count). The molecule has 0 bridgehead atoms. The van der Waals surface area contributed by atoms with Crippen LogP contribution in [0.4, 0.5) is 4.39 Å². The third-order valence-corrected chi connectivity index (χ3v) is 6.61. The summed E-state index contributed by atoms with van der Waals surface area (Å²) in [5.74, 6) is -0.569. The summed E-state index contributed by atoms with van der Waals surface area (Å²) in [6.07, 6.45) is 0.191. The van der Waals surface area contributed by atoms with Crippen LogP contribution in [-0.2, 0) is 29.1 Å². The molecule has 0 saturated heterocycles. The lowest BCUT2D eigenvalue weighted by molar-refractivity contribution is -0.138. The van der Waals surface area contributed by atoms with Crippen molar-refractivity contribution in [2.75, 3.05) is 0 Å². The molecule has 0 radical (unpaired) electrons. The van der Waals surface area contributed by atoms with Gasteiger partial charge in [-0.05, 0) is 59.0 Å². The van der Waals surface area contributed by atoms with Crippen LogP contribution >= 0.6 is 0 Å². The number of aromatic nitrogens is 4. The first-order chi connectivity index (χ1) is 18.2.